The van der Waals surface area contributed by atoms with Crippen molar-refractivity contribution in [1.82, 2.24) is 0 Å². The predicted molar refractivity (Wildman–Crippen MR) is 78.1 cm³/mol. The highest BCUT2D eigenvalue weighted by Crippen LogP contribution is 2.29. The molecule has 0 unspecified atom stereocenters. The first-order chi connectivity index (χ1) is 10.2. The van der Waals surface area contributed by atoms with Crippen LogP contribution < -0.4 is 9.47 Å². The third-order valence-electron chi connectivity index (χ3n) is 2.79. The summed E-state index contributed by atoms with van der Waals surface area (Å²) in [4.78, 5) is 0. The van der Waals surface area contributed by atoms with Gasteiger partial charge in [-0.05, 0) is 25.1 Å². The Hall–Kier alpha value is -2.25. The van der Waals surface area contributed by atoms with Crippen molar-refractivity contribution in [1.29, 1.82) is 5.26 Å². The van der Waals surface area contributed by atoms with Crippen molar-refractivity contribution in [2.75, 3.05) is 6.61 Å². The lowest BCUT2D eigenvalue weighted by Gasteiger charge is -2.12. The molecular weight excluding hydrogens is 293 g/mol. The van der Waals surface area contributed by atoms with E-state index in [4.69, 9.17) is 26.3 Å². The normalized spacial score (nSPS) is 10.0. The van der Waals surface area contributed by atoms with Crippen LogP contribution in [0.4, 0.5) is 4.39 Å². The van der Waals surface area contributed by atoms with Crippen LogP contribution in [0.1, 0.15) is 18.1 Å². The Labute approximate surface area is 127 Å². The van der Waals surface area contributed by atoms with Crippen molar-refractivity contribution in [3.63, 3.8) is 0 Å². The predicted octanol–water partition coefficient (Wildman–Crippen LogP) is 4.33. The lowest BCUT2D eigenvalue weighted by molar-refractivity contribution is 0.266. The Kier molecular flexibility index (Phi) is 5.02. The van der Waals surface area contributed by atoms with Crippen LogP contribution in [0.5, 0.6) is 11.5 Å². The van der Waals surface area contributed by atoms with Crippen LogP contribution >= 0.6 is 11.6 Å². The zero-order valence-corrected chi connectivity index (χ0v) is 12.2. The molecule has 5 heteroatoms. The van der Waals surface area contributed by atoms with Crippen LogP contribution in [0.25, 0.3) is 0 Å². The number of rotatable bonds is 5. The van der Waals surface area contributed by atoms with Crippen LogP contribution in [0.15, 0.2) is 36.4 Å². The zero-order valence-electron chi connectivity index (χ0n) is 11.4. The van der Waals surface area contributed by atoms with Gasteiger partial charge in [0.2, 0.25) is 0 Å². The van der Waals surface area contributed by atoms with Crippen LogP contribution in [0.3, 0.4) is 0 Å². The molecule has 0 bridgehead atoms. The number of nitriles is 1. The molecule has 108 valence electrons. The van der Waals surface area contributed by atoms with Crippen LogP contribution in [-0.4, -0.2) is 6.61 Å². The smallest absolute Gasteiger partial charge is 0.162 e. The van der Waals surface area contributed by atoms with E-state index in [1.165, 1.54) is 6.07 Å². The average molecular weight is 306 g/mol. The molecule has 0 saturated heterocycles. The first-order valence-electron chi connectivity index (χ1n) is 6.38. The van der Waals surface area contributed by atoms with E-state index in [0.29, 0.717) is 29.2 Å². The lowest BCUT2D eigenvalue weighted by Crippen LogP contribution is -2.02. The fraction of sp³-hybridized carbons (Fsp3) is 0.188. The highest BCUT2D eigenvalue weighted by atomic mass is 35.5. The molecule has 2 rings (SSSR count). The molecule has 0 atom stereocenters. The Morgan fingerprint density at radius 1 is 1.19 bits per heavy atom. The third-order valence-corrected chi connectivity index (χ3v) is 3.08. The second kappa shape index (κ2) is 6.96. The summed E-state index contributed by atoms with van der Waals surface area (Å²) >= 11 is 5.72. The van der Waals surface area contributed by atoms with Gasteiger partial charge in [0, 0.05) is 11.6 Å². The van der Waals surface area contributed by atoms with Crippen molar-refractivity contribution >= 4 is 11.6 Å². The van der Waals surface area contributed by atoms with Crippen LogP contribution in [0.2, 0.25) is 5.02 Å². The van der Waals surface area contributed by atoms with Crippen molar-refractivity contribution in [2.24, 2.45) is 0 Å². The molecule has 0 aliphatic heterocycles. The molecule has 0 fully saturated rings. The fourth-order valence-electron chi connectivity index (χ4n) is 1.78. The second-order valence-electron chi connectivity index (χ2n) is 4.21. The number of hydrogen-bond donors (Lipinski definition) is 0. The molecule has 0 spiro atoms. The SMILES string of the molecule is CCOc1cc(C#N)ccc1OCc1cccc(Cl)c1F. The molecular formula is C16H13ClFNO2. The van der Waals surface area contributed by atoms with Gasteiger partial charge in [0.05, 0.1) is 23.3 Å². The van der Waals surface area contributed by atoms with E-state index >= 15 is 0 Å². The number of halogens is 2. The summed E-state index contributed by atoms with van der Waals surface area (Å²) < 4.78 is 24.8. The molecule has 2 aromatic carbocycles. The summed E-state index contributed by atoms with van der Waals surface area (Å²) in [6.07, 6.45) is 0. The number of benzene rings is 2. The highest BCUT2D eigenvalue weighted by molar-refractivity contribution is 6.30. The van der Waals surface area contributed by atoms with Gasteiger partial charge in [0.15, 0.2) is 11.5 Å². The van der Waals surface area contributed by atoms with Crippen molar-refractivity contribution in [3.05, 3.63) is 58.4 Å². The standard InChI is InChI=1S/C16H13ClFNO2/c1-2-20-15-8-11(9-19)6-7-14(15)21-10-12-4-3-5-13(17)16(12)18/h3-8H,2,10H2,1H3. The molecule has 0 N–H and O–H groups in total. The van der Waals surface area contributed by atoms with E-state index in [2.05, 4.69) is 0 Å². The van der Waals surface area contributed by atoms with E-state index in [1.807, 2.05) is 13.0 Å². The molecule has 0 saturated carbocycles. The highest BCUT2D eigenvalue weighted by Gasteiger charge is 2.10. The molecule has 0 amide bonds. The Morgan fingerprint density at radius 3 is 2.71 bits per heavy atom. The molecule has 3 nitrogen and oxygen atoms in total. The summed E-state index contributed by atoms with van der Waals surface area (Å²) in [5.74, 6) is 0.417. The summed E-state index contributed by atoms with van der Waals surface area (Å²) in [5.41, 5.74) is 0.828. The van der Waals surface area contributed by atoms with E-state index in [9.17, 15) is 4.39 Å². The Balaban J connectivity index is 2.19. The molecule has 0 aromatic heterocycles. The maximum atomic E-state index is 13.8. The average Bonchev–Trinajstić information content (AvgIpc) is 2.50. The number of ether oxygens (including phenoxy) is 2. The molecule has 0 heterocycles. The summed E-state index contributed by atoms with van der Waals surface area (Å²) in [6.45, 7) is 2.30. The minimum atomic E-state index is -0.495. The van der Waals surface area contributed by atoms with Crippen molar-refractivity contribution in [2.45, 2.75) is 13.5 Å². The van der Waals surface area contributed by atoms with Gasteiger partial charge in [-0.25, -0.2) is 4.39 Å². The van der Waals surface area contributed by atoms with Crippen LogP contribution in [0, 0.1) is 17.1 Å². The van der Waals surface area contributed by atoms with Gasteiger partial charge in [-0.3, -0.25) is 0 Å². The number of nitrogens with zero attached hydrogens (tertiary/aromatic N) is 1. The van der Waals surface area contributed by atoms with Crippen LogP contribution in [-0.2, 0) is 6.61 Å². The van der Waals surface area contributed by atoms with Gasteiger partial charge in [-0.15, -0.1) is 0 Å². The minimum absolute atomic E-state index is 0.0262. The summed E-state index contributed by atoms with van der Waals surface area (Å²) in [5, 5.41) is 8.94. The third kappa shape index (κ3) is 3.65. The van der Waals surface area contributed by atoms with E-state index in [0.717, 1.165) is 0 Å². The van der Waals surface area contributed by atoms with Crippen molar-refractivity contribution < 1.29 is 13.9 Å². The molecule has 21 heavy (non-hydrogen) atoms. The second-order valence-corrected chi connectivity index (χ2v) is 4.62. The van der Waals surface area contributed by atoms with E-state index in [-0.39, 0.29) is 11.6 Å². The van der Waals surface area contributed by atoms with E-state index in [1.54, 1.807) is 30.3 Å². The largest absolute Gasteiger partial charge is 0.490 e. The topological polar surface area (TPSA) is 42.2 Å². The summed E-state index contributed by atoms with van der Waals surface area (Å²) in [6, 6.07) is 11.6. The monoisotopic (exact) mass is 305 g/mol. The fourth-order valence-corrected chi connectivity index (χ4v) is 1.97. The van der Waals surface area contributed by atoms with Gasteiger partial charge in [-0.1, -0.05) is 23.7 Å². The van der Waals surface area contributed by atoms with Gasteiger partial charge in [-0.2, -0.15) is 5.26 Å². The van der Waals surface area contributed by atoms with Gasteiger partial charge < -0.3 is 9.47 Å². The van der Waals surface area contributed by atoms with Gasteiger partial charge in [0.25, 0.3) is 0 Å². The quantitative estimate of drug-likeness (QED) is 0.825. The first kappa shape index (κ1) is 15.1. The summed E-state index contributed by atoms with van der Waals surface area (Å²) in [7, 11) is 0. The minimum Gasteiger partial charge on any atom is -0.490 e. The maximum absolute atomic E-state index is 13.8. The maximum Gasteiger partial charge on any atom is 0.162 e. The molecule has 0 aliphatic rings. The van der Waals surface area contributed by atoms with Gasteiger partial charge >= 0.3 is 0 Å². The molecule has 0 radical (unpaired) electrons. The van der Waals surface area contributed by atoms with Crippen molar-refractivity contribution in [3.8, 4) is 17.6 Å². The molecule has 0 aliphatic carbocycles. The Morgan fingerprint density at radius 2 is 2.00 bits per heavy atom. The number of hydrogen-bond acceptors (Lipinski definition) is 3. The lowest BCUT2D eigenvalue weighted by atomic mass is 10.2. The van der Waals surface area contributed by atoms with Gasteiger partial charge in [0.1, 0.15) is 12.4 Å². The Bertz CT molecular complexity index is 682. The molecule has 2 aromatic rings. The van der Waals surface area contributed by atoms with E-state index < -0.39 is 5.82 Å². The zero-order chi connectivity index (χ0) is 15.2. The first-order valence-corrected chi connectivity index (χ1v) is 6.76.